The van der Waals surface area contributed by atoms with Crippen molar-refractivity contribution < 1.29 is 4.79 Å². The topological polar surface area (TPSA) is 95.3 Å². The lowest BCUT2D eigenvalue weighted by molar-refractivity contribution is 0.0989. The molecule has 2 N–H and O–H groups in total. The lowest BCUT2D eigenvalue weighted by atomic mass is 10.2. The van der Waals surface area contributed by atoms with Gasteiger partial charge < -0.3 is 5.73 Å². The minimum Gasteiger partial charge on any atom is -0.363 e. The molecule has 2 aromatic heterocycles. The molecule has 0 aliphatic heterocycles. The Labute approximate surface area is 129 Å². The zero-order valence-corrected chi connectivity index (χ0v) is 11.9. The predicted octanol–water partition coefficient (Wildman–Crippen LogP) is 1.13. The van der Waals surface area contributed by atoms with E-state index in [-0.39, 0.29) is 17.2 Å². The van der Waals surface area contributed by atoms with Gasteiger partial charge in [0.25, 0.3) is 11.5 Å². The molecule has 2 aromatic carbocycles. The smallest absolute Gasteiger partial charge is 0.287 e. The lowest BCUT2D eigenvalue weighted by Crippen LogP contribution is -2.23. The molecule has 0 radical (unpaired) electrons. The van der Waals surface area contributed by atoms with Crippen LogP contribution >= 0.6 is 0 Å². The van der Waals surface area contributed by atoms with Crippen molar-refractivity contribution in [2.75, 3.05) is 0 Å². The van der Waals surface area contributed by atoms with E-state index in [2.05, 4.69) is 10.2 Å². The standard InChI is InChI=1S/C16H11N5O2/c17-13(22)14-18-19-16-20(10-6-2-1-3-7-10)15(23)11-8-4-5-9-12(11)21(14)16/h1-9H,(H2,17,22). The molecule has 2 heterocycles. The molecule has 0 saturated carbocycles. The molecular weight excluding hydrogens is 294 g/mol. The van der Waals surface area contributed by atoms with Crippen molar-refractivity contribution in [1.29, 1.82) is 0 Å². The second kappa shape index (κ2) is 4.77. The van der Waals surface area contributed by atoms with Crippen LogP contribution in [0.25, 0.3) is 22.4 Å². The van der Waals surface area contributed by atoms with Gasteiger partial charge in [0, 0.05) is 0 Å². The summed E-state index contributed by atoms with van der Waals surface area (Å²) in [6.45, 7) is 0. The van der Waals surface area contributed by atoms with E-state index in [0.717, 1.165) is 0 Å². The molecule has 0 saturated heterocycles. The first kappa shape index (κ1) is 13.2. The number of carbonyl (C=O) groups excluding carboxylic acids is 1. The van der Waals surface area contributed by atoms with Gasteiger partial charge in [0.05, 0.1) is 16.6 Å². The zero-order chi connectivity index (χ0) is 16.0. The highest BCUT2D eigenvalue weighted by Gasteiger charge is 2.19. The van der Waals surface area contributed by atoms with Gasteiger partial charge in [-0.2, -0.15) is 0 Å². The third-order valence-corrected chi connectivity index (χ3v) is 3.66. The Bertz CT molecular complexity index is 1110. The molecule has 0 atom stereocenters. The van der Waals surface area contributed by atoms with Gasteiger partial charge in [-0.1, -0.05) is 30.3 Å². The second-order valence-electron chi connectivity index (χ2n) is 5.02. The third kappa shape index (κ3) is 1.83. The molecule has 23 heavy (non-hydrogen) atoms. The van der Waals surface area contributed by atoms with Gasteiger partial charge in [-0.25, -0.2) is 4.57 Å². The lowest BCUT2D eigenvalue weighted by Gasteiger charge is -2.10. The Morgan fingerprint density at radius 2 is 1.65 bits per heavy atom. The molecule has 4 rings (SSSR count). The van der Waals surface area contributed by atoms with E-state index in [1.807, 2.05) is 18.2 Å². The average molecular weight is 305 g/mol. The number of fused-ring (bicyclic) bond motifs is 3. The fraction of sp³-hybridized carbons (Fsp3) is 0. The summed E-state index contributed by atoms with van der Waals surface area (Å²) in [4.78, 5) is 24.6. The second-order valence-corrected chi connectivity index (χ2v) is 5.02. The summed E-state index contributed by atoms with van der Waals surface area (Å²) in [5.41, 5.74) is 6.33. The van der Waals surface area contributed by atoms with Crippen LogP contribution in [-0.4, -0.2) is 25.1 Å². The Hall–Kier alpha value is -3.48. The van der Waals surface area contributed by atoms with Gasteiger partial charge in [0.15, 0.2) is 0 Å². The van der Waals surface area contributed by atoms with Crippen LogP contribution < -0.4 is 11.3 Å². The van der Waals surface area contributed by atoms with Crippen molar-refractivity contribution in [3.8, 4) is 5.69 Å². The predicted molar refractivity (Wildman–Crippen MR) is 84.6 cm³/mol. The number of rotatable bonds is 2. The van der Waals surface area contributed by atoms with Crippen LogP contribution in [0.3, 0.4) is 0 Å². The van der Waals surface area contributed by atoms with Crippen LogP contribution in [0, 0.1) is 0 Å². The highest BCUT2D eigenvalue weighted by molar-refractivity contribution is 5.92. The highest BCUT2D eigenvalue weighted by atomic mass is 16.1. The van der Waals surface area contributed by atoms with Gasteiger partial charge in [-0.05, 0) is 24.3 Å². The largest absolute Gasteiger partial charge is 0.363 e. The van der Waals surface area contributed by atoms with Crippen molar-refractivity contribution in [3.63, 3.8) is 0 Å². The summed E-state index contributed by atoms with van der Waals surface area (Å²) in [6, 6.07) is 16.0. The molecule has 0 unspecified atom stereocenters. The summed E-state index contributed by atoms with van der Waals surface area (Å²) < 4.78 is 2.92. The maximum atomic E-state index is 12.9. The fourth-order valence-corrected chi connectivity index (χ4v) is 2.67. The van der Waals surface area contributed by atoms with Gasteiger partial charge in [0.1, 0.15) is 0 Å². The van der Waals surface area contributed by atoms with Gasteiger partial charge in [-0.3, -0.25) is 14.0 Å². The molecule has 0 fully saturated rings. The van der Waals surface area contributed by atoms with E-state index < -0.39 is 5.91 Å². The van der Waals surface area contributed by atoms with Crippen LogP contribution in [0.2, 0.25) is 0 Å². The first-order chi connectivity index (χ1) is 11.2. The van der Waals surface area contributed by atoms with E-state index >= 15 is 0 Å². The van der Waals surface area contributed by atoms with E-state index in [1.165, 1.54) is 8.97 Å². The average Bonchev–Trinajstić information content (AvgIpc) is 3.01. The van der Waals surface area contributed by atoms with Crippen molar-refractivity contribution in [1.82, 2.24) is 19.2 Å². The Balaban J connectivity index is 2.29. The number of aromatic nitrogens is 4. The molecular formula is C16H11N5O2. The molecule has 7 heteroatoms. The monoisotopic (exact) mass is 305 g/mol. The Morgan fingerprint density at radius 1 is 0.957 bits per heavy atom. The van der Waals surface area contributed by atoms with Crippen LogP contribution in [0.4, 0.5) is 0 Å². The molecule has 0 aliphatic carbocycles. The molecule has 0 spiro atoms. The molecule has 4 aromatic rings. The van der Waals surface area contributed by atoms with Gasteiger partial charge in [0.2, 0.25) is 11.6 Å². The highest BCUT2D eigenvalue weighted by Crippen LogP contribution is 2.17. The maximum Gasteiger partial charge on any atom is 0.287 e. The quantitative estimate of drug-likeness (QED) is 0.600. The van der Waals surface area contributed by atoms with Crippen LogP contribution in [0.15, 0.2) is 59.4 Å². The van der Waals surface area contributed by atoms with Crippen LogP contribution in [-0.2, 0) is 0 Å². The molecule has 0 aliphatic rings. The maximum absolute atomic E-state index is 12.9. The molecule has 7 nitrogen and oxygen atoms in total. The minimum absolute atomic E-state index is 0.0131. The number of nitrogens with two attached hydrogens (primary N) is 1. The van der Waals surface area contributed by atoms with E-state index in [9.17, 15) is 9.59 Å². The first-order valence-electron chi connectivity index (χ1n) is 6.92. The number of nitrogens with zero attached hydrogens (tertiary/aromatic N) is 4. The third-order valence-electron chi connectivity index (χ3n) is 3.66. The number of para-hydroxylation sites is 2. The number of hydrogen-bond donors (Lipinski definition) is 1. The Kier molecular flexibility index (Phi) is 2.74. The van der Waals surface area contributed by atoms with E-state index in [4.69, 9.17) is 5.73 Å². The normalized spacial score (nSPS) is 11.1. The zero-order valence-electron chi connectivity index (χ0n) is 11.9. The number of hydrogen-bond acceptors (Lipinski definition) is 4. The van der Waals surface area contributed by atoms with Gasteiger partial charge in [-0.15, -0.1) is 10.2 Å². The first-order valence-corrected chi connectivity index (χ1v) is 6.92. The summed E-state index contributed by atoms with van der Waals surface area (Å²) >= 11 is 0. The summed E-state index contributed by atoms with van der Waals surface area (Å²) in [5, 5.41) is 8.30. The number of amides is 1. The van der Waals surface area contributed by atoms with Crippen LogP contribution in [0.5, 0.6) is 0 Å². The van der Waals surface area contributed by atoms with Crippen molar-refractivity contribution in [2.45, 2.75) is 0 Å². The van der Waals surface area contributed by atoms with Crippen molar-refractivity contribution in [2.24, 2.45) is 5.73 Å². The molecule has 1 amide bonds. The number of carbonyl (C=O) groups is 1. The summed E-state index contributed by atoms with van der Waals surface area (Å²) in [7, 11) is 0. The van der Waals surface area contributed by atoms with Crippen LogP contribution in [0.1, 0.15) is 10.6 Å². The van der Waals surface area contributed by atoms with Crippen molar-refractivity contribution >= 4 is 22.6 Å². The van der Waals surface area contributed by atoms with Crippen molar-refractivity contribution in [3.05, 3.63) is 70.8 Å². The van der Waals surface area contributed by atoms with Gasteiger partial charge >= 0.3 is 0 Å². The fourth-order valence-electron chi connectivity index (χ4n) is 2.67. The number of primary amides is 1. The van der Waals surface area contributed by atoms with E-state index in [0.29, 0.717) is 16.6 Å². The minimum atomic E-state index is -0.707. The molecule has 0 bridgehead atoms. The summed E-state index contributed by atoms with van der Waals surface area (Å²) in [5.74, 6) is -0.476. The number of benzene rings is 2. The van der Waals surface area contributed by atoms with E-state index in [1.54, 1.807) is 36.4 Å². The SMILES string of the molecule is NC(=O)c1nnc2n(-c3ccccc3)c(=O)c3ccccc3n12. The Morgan fingerprint density at radius 3 is 2.39 bits per heavy atom. The summed E-state index contributed by atoms with van der Waals surface area (Å²) in [6.07, 6.45) is 0. The molecule has 112 valence electrons.